The number of hydrogen-bond acceptors (Lipinski definition) is 3. The summed E-state index contributed by atoms with van der Waals surface area (Å²) in [5, 5.41) is 4.74. The van der Waals surface area contributed by atoms with Crippen molar-refractivity contribution in [3.05, 3.63) is 53.3 Å². The molecule has 0 saturated heterocycles. The van der Waals surface area contributed by atoms with Crippen molar-refractivity contribution in [1.29, 1.82) is 0 Å². The van der Waals surface area contributed by atoms with Gasteiger partial charge in [-0.05, 0) is 23.1 Å². The van der Waals surface area contributed by atoms with E-state index in [0.717, 1.165) is 10.6 Å². The Labute approximate surface area is 127 Å². The molecule has 3 rings (SSSR count). The highest BCUT2D eigenvalue weighted by Crippen LogP contribution is 2.24. The molecule has 2 aromatic heterocycles. The third kappa shape index (κ3) is 2.69. The van der Waals surface area contributed by atoms with E-state index >= 15 is 0 Å². The van der Waals surface area contributed by atoms with Gasteiger partial charge in [0.25, 0.3) is 5.91 Å². The Bertz CT molecular complexity index is 778. The SMILES string of the molecule is CC(C)(C)c1ccc(NC(=O)c2csc3nccn23)cc1. The Morgan fingerprint density at radius 2 is 1.95 bits per heavy atom. The predicted molar refractivity (Wildman–Crippen MR) is 86.2 cm³/mol. The third-order valence-electron chi connectivity index (χ3n) is 3.38. The number of anilines is 1. The van der Waals surface area contributed by atoms with E-state index in [-0.39, 0.29) is 11.3 Å². The fraction of sp³-hybridized carbons (Fsp3) is 0.250. The van der Waals surface area contributed by atoms with Crippen LogP contribution in [0.1, 0.15) is 36.8 Å². The standard InChI is InChI=1S/C16H17N3OS/c1-16(2,3)11-4-6-12(7-5-11)18-14(20)13-10-21-15-17-8-9-19(13)15/h4-10H,1-3H3,(H,18,20). The first-order valence-electron chi connectivity index (χ1n) is 6.77. The van der Waals surface area contributed by atoms with Crippen LogP contribution in [-0.2, 0) is 5.41 Å². The zero-order valence-corrected chi connectivity index (χ0v) is 13.1. The molecule has 0 aliphatic rings. The third-order valence-corrected chi connectivity index (χ3v) is 4.24. The maximum atomic E-state index is 12.3. The molecule has 0 aliphatic carbocycles. The number of aromatic nitrogens is 2. The molecule has 1 N–H and O–H groups in total. The second-order valence-electron chi connectivity index (χ2n) is 5.98. The first-order valence-corrected chi connectivity index (χ1v) is 7.65. The summed E-state index contributed by atoms with van der Waals surface area (Å²) in [7, 11) is 0. The number of imidazole rings is 1. The molecule has 5 heteroatoms. The molecule has 1 amide bonds. The average molecular weight is 299 g/mol. The smallest absolute Gasteiger partial charge is 0.273 e. The Balaban J connectivity index is 1.80. The maximum absolute atomic E-state index is 12.3. The minimum absolute atomic E-state index is 0.110. The Kier molecular flexibility index (Phi) is 3.29. The molecular weight excluding hydrogens is 282 g/mol. The summed E-state index contributed by atoms with van der Waals surface area (Å²) in [6.45, 7) is 6.51. The van der Waals surface area contributed by atoms with Crippen LogP contribution in [0.25, 0.3) is 4.96 Å². The topological polar surface area (TPSA) is 46.4 Å². The molecule has 0 spiro atoms. The molecule has 1 aromatic carbocycles. The van der Waals surface area contributed by atoms with Crippen LogP contribution in [0, 0.1) is 0 Å². The first kappa shape index (κ1) is 13.8. The molecule has 0 unspecified atom stereocenters. The molecule has 0 bridgehead atoms. The summed E-state index contributed by atoms with van der Waals surface area (Å²) in [5.41, 5.74) is 2.76. The van der Waals surface area contributed by atoms with Crippen LogP contribution in [-0.4, -0.2) is 15.3 Å². The van der Waals surface area contributed by atoms with Crippen molar-refractivity contribution in [3.8, 4) is 0 Å². The highest BCUT2D eigenvalue weighted by Gasteiger charge is 2.15. The molecule has 2 heterocycles. The molecule has 0 aliphatic heterocycles. The first-order chi connectivity index (χ1) is 9.95. The lowest BCUT2D eigenvalue weighted by Gasteiger charge is -2.19. The summed E-state index contributed by atoms with van der Waals surface area (Å²) in [6, 6.07) is 7.98. The second-order valence-corrected chi connectivity index (χ2v) is 6.82. The van der Waals surface area contributed by atoms with Crippen molar-refractivity contribution in [2.24, 2.45) is 0 Å². The van der Waals surface area contributed by atoms with Gasteiger partial charge >= 0.3 is 0 Å². The normalized spacial score (nSPS) is 11.8. The Hall–Kier alpha value is -2.14. The molecular formula is C16H17N3OS. The molecule has 21 heavy (non-hydrogen) atoms. The van der Waals surface area contributed by atoms with Crippen LogP contribution < -0.4 is 5.32 Å². The quantitative estimate of drug-likeness (QED) is 0.779. The molecule has 108 valence electrons. The summed E-state index contributed by atoms with van der Waals surface area (Å²) >= 11 is 1.46. The molecule has 0 fully saturated rings. The van der Waals surface area contributed by atoms with E-state index in [1.54, 1.807) is 16.8 Å². The number of carbonyl (C=O) groups excluding carboxylic acids is 1. The lowest BCUT2D eigenvalue weighted by atomic mass is 9.87. The fourth-order valence-corrected chi connectivity index (χ4v) is 2.97. The number of benzene rings is 1. The minimum Gasteiger partial charge on any atom is -0.321 e. The fourth-order valence-electron chi connectivity index (χ4n) is 2.14. The number of hydrogen-bond donors (Lipinski definition) is 1. The predicted octanol–water partition coefficient (Wildman–Crippen LogP) is 3.95. The van der Waals surface area contributed by atoms with Gasteiger partial charge < -0.3 is 5.32 Å². The zero-order chi connectivity index (χ0) is 15.0. The van der Waals surface area contributed by atoms with Gasteiger partial charge in [-0.3, -0.25) is 9.20 Å². The maximum Gasteiger partial charge on any atom is 0.273 e. The van der Waals surface area contributed by atoms with Crippen molar-refractivity contribution >= 4 is 27.9 Å². The molecule has 0 atom stereocenters. The van der Waals surface area contributed by atoms with Crippen LogP contribution in [0.5, 0.6) is 0 Å². The van der Waals surface area contributed by atoms with Gasteiger partial charge in [0, 0.05) is 23.5 Å². The molecule has 0 radical (unpaired) electrons. The monoisotopic (exact) mass is 299 g/mol. The second kappa shape index (κ2) is 5.00. The van der Waals surface area contributed by atoms with Gasteiger partial charge in [-0.15, -0.1) is 11.3 Å². The number of nitrogens with one attached hydrogen (secondary N) is 1. The van der Waals surface area contributed by atoms with Crippen LogP contribution in [0.2, 0.25) is 0 Å². The van der Waals surface area contributed by atoms with Gasteiger partial charge in [-0.2, -0.15) is 0 Å². The Morgan fingerprint density at radius 1 is 1.24 bits per heavy atom. The number of carbonyl (C=O) groups is 1. The van der Waals surface area contributed by atoms with E-state index in [9.17, 15) is 4.79 Å². The van der Waals surface area contributed by atoms with Gasteiger partial charge in [-0.1, -0.05) is 32.9 Å². The highest BCUT2D eigenvalue weighted by atomic mass is 32.1. The zero-order valence-electron chi connectivity index (χ0n) is 12.3. The van der Waals surface area contributed by atoms with Gasteiger partial charge in [0.15, 0.2) is 4.96 Å². The van der Waals surface area contributed by atoms with Crippen LogP contribution in [0.4, 0.5) is 5.69 Å². The van der Waals surface area contributed by atoms with E-state index in [4.69, 9.17) is 0 Å². The van der Waals surface area contributed by atoms with E-state index in [1.165, 1.54) is 16.9 Å². The van der Waals surface area contributed by atoms with E-state index in [2.05, 4.69) is 43.2 Å². The number of nitrogens with zero attached hydrogens (tertiary/aromatic N) is 2. The average Bonchev–Trinajstić information content (AvgIpc) is 3.00. The molecule has 4 nitrogen and oxygen atoms in total. The van der Waals surface area contributed by atoms with Crippen molar-refractivity contribution in [1.82, 2.24) is 9.38 Å². The number of amides is 1. The molecule has 0 saturated carbocycles. The van der Waals surface area contributed by atoms with Crippen LogP contribution in [0.3, 0.4) is 0 Å². The summed E-state index contributed by atoms with van der Waals surface area (Å²) < 4.78 is 1.80. The Morgan fingerprint density at radius 3 is 2.62 bits per heavy atom. The van der Waals surface area contributed by atoms with Gasteiger partial charge in [-0.25, -0.2) is 4.98 Å². The van der Waals surface area contributed by atoms with Crippen molar-refractivity contribution < 1.29 is 4.79 Å². The van der Waals surface area contributed by atoms with Crippen LogP contribution in [0.15, 0.2) is 42.0 Å². The van der Waals surface area contributed by atoms with Crippen molar-refractivity contribution in [2.75, 3.05) is 5.32 Å². The van der Waals surface area contributed by atoms with Gasteiger partial charge in [0.05, 0.1) is 0 Å². The van der Waals surface area contributed by atoms with Gasteiger partial charge in [0.1, 0.15) is 5.69 Å². The van der Waals surface area contributed by atoms with Crippen LogP contribution >= 0.6 is 11.3 Å². The van der Waals surface area contributed by atoms with E-state index in [0.29, 0.717) is 5.69 Å². The summed E-state index contributed by atoms with van der Waals surface area (Å²) in [5.74, 6) is -0.122. The largest absolute Gasteiger partial charge is 0.321 e. The number of fused-ring (bicyclic) bond motifs is 1. The summed E-state index contributed by atoms with van der Waals surface area (Å²) in [6.07, 6.45) is 3.49. The highest BCUT2D eigenvalue weighted by molar-refractivity contribution is 7.15. The lowest BCUT2D eigenvalue weighted by molar-refractivity contribution is 0.102. The van der Waals surface area contributed by atoms with Crippen molar-refractivity contribution in [3.63, 3.8) is 0 Å². The lowest BCUT2D eigenvalue weighted by Crippen LogP contribution is -2.15. The van der Waals surface area contributed by atoms with E-state index in [1.807, 2.05) is 17.5 Å². The van der Waals surface area contributed by atoms with E-state index < -0.39 is 0 Å². The number of rotatable bonds is 2. The molecule has 3 aromatic rings. The van der Waals surface area contributed by atoms with Crippen molar-refractivity contribution in [2.45, 2.75) is 26.2 Å². The van der Waals surface area contributed by atoms with Gasteiger partial charge in [0.2, 0.25) is 0 Å². The minimum atomic E-state index is -0.122. The summed E-state index contributed by atoms with van der Waals surface area (Å²) in [4.78, 5) is 17.3. The number of thiazole rings is 1.